The Kier molecular flexibility index (Phi) is 8.35. The first-order valence-corrected chi connectivity index (χ1v) is 10.1. The van der Waals surface area contributed by atoms with Crippen molar-refractivity contribution in [3.05, 3.63) is 11.6 Å². The molecule has 1 fully saturated rings. The quantitative estimate of drug-likeness (QED) is 0.573. The predicted octanol–water partition coefficient (Wildman–Crippen LogP) is 2.08. The van der Waals surface area contributed by atoms with Gasteiger partial charge in [-0.3, -0.25) is 4.90 Å². The number of aliphatic imine (C=N–C) groups is 1. The van der Waals surface area contributed by atoms with E-state index in [1.54, 1.807) is 0 Å². The summed E-state index contributed by atoms with van der Waals surface area (Å²) in [7, 11) is 1.98. The zero-order valence-corrected chi connectivity index (χ0v) is 17.3. The molecule has 2 heterocycles. The highest BCUT2D eigenvalue weighted by atomic mass is 15.3. The zero-order chi connectivity index (χ0) is 18.9. The second-order valence-electron chi connectivity index (χ2n) is 7.56. The van der Waals surface area contributed by atoms with Gasteiger partial charge >= 0.3 is 0 Å². The van der Waals surface area contributed by atoms with Crippen molar-refractivity contribution in [1.29, 1.82) is 0 Å². The van der Waals surface area contributed by atoms with Crippen LogP contribution in [-0.4, -0.2) is 57.8 Å². The van der Waals surface area contributed by atoms with Gasteiger partial charge in [0, 0.05) is 26.2 Å². The molecule has 1 aromatic rings. The highest BCUT2D eigenvalue weighted by molar-refractivity contribution is 5.79. The fourth-order valence-electron chi connectivity index (χ4n) is 3.49. The number of aromatic nitrogens is 3. The maximum Gasteiger partial charge on any atom is 0.191 e. The van der Waals surface area contributed by atoms with Crippen molar-refractivity contribution < 1.29 is 0 Å². The SMILES string of the molecule is CCNC(=NCc1nnc(C)n1C)NCC(C(C)C)N1CCCCCC1. The second-order valence-corrected chi connectivity index (χ2v) is 7.56. The first kappa shape index (κ1) is 20.7. The topological polar surface area (TPSA) is 70.4 Å². The van der Waals surface area contributed by atoms with E-state index in [9.17, 15) is 0 Å². The first-order chi connectivity index (χ1) is 12.5. The minimum Gasteiger partial charge on any atom is -0.357 e. The Bertz CT molecular complexity index is 556. The number of hydrogen-bond donors (Lipinski definition) is 2. The van der Waals surface area contributed by atoms with E-state index in [-0.39, 0.29) is 0 Å². The fraction of sp³-hybridized carbons (Fsp3) is 0.842. The lowest BCUT2D eigenvalue weighted by molar-refractivity contribution is 0.161. The third kappa shape index (κ3) is 5.97. The van der Waals surface area contributed by atoms with Crippen LogP contribution in [0.5, 0.6) is 0 Å². The molecule has 1 unspecified atom stereocenters. The third-order valence-corrected chi connectivity index (χ3v) is 5.26. The number of nitrogens with zero attached hydrogens (tertiary/aromatic N) is 5. The number of hydrogen-bond acceptors (Lipinski definition) is 4. The normalized spacial score (nSPS) is 18.0. The Hall–Kier alpha value is -1.63. The molecule has 1 atom stereocenters. The molecule has 0 aliphatic carbocycles. The molecule has 7 heteroatoms. The maximum atomic E-state index is 4.71. The molecule has 0 spiro atoms. The molecule has 7 nitrogen and oxygen atoms in total. The zero-order valence-electron chi connectivity index (χ0n) is 17.3. The van der Waals surface area contributed by atoms with Gasteiger partial charge in [-0.2, -0.15) is 0 Å². The lowest BCUT2D eigenvalue weighted by atomic mass is 10.0. The van der Waals surface area contributed by atoms with Crippen molar-refractivity contribution in [2.24, 2.45) is 18.0 Å². The standard InChI is InChI=1S/C19H37N7/c1-6-20-19(22-14-18-24-23-16(4)25(18)5)21-13-17(15(2)3)26-11-9-7-8-10-12-26/h15,17H,6-14H2,1-5H3,(H2,20,21,22). The van der Waals surface area contributed by atoms with Crippen molar-refractivity contribution in [3.63, 3.8) is 0 Å². The Morgan fingerprint density at radius 3 is 2.35 bits per heavy atom. The average Bonchev–Trinajstić information content (AvgIpc) is 2.82. The van der Waals surface area contributed by atoms with Gasteiger partial charge in [0.1, 0.15) is 12.4 Å². The van der Waals surface area contributed by atoms with E-state index in [0.29, 0.717) is 18.5 Å². The highest BCUT2D eigenvalue weighted by Crippen LogP contribution is 2.17. The van der Waals surface area contributed by atoms with Crippen LogP contribution in [-0.2, 0) is 13.6 Å². The molecule has 1 aliphatic heterocycles. The number of guanidine groups is 1. The molecular weight excluding hydrogens is 326 g/mol. The molecule has 1 aromatic heterocycles. The smallest absolute Gasteiger partial charge is 0.191 e. The van der Waals surface area contributed by atoms with E-state index in [1.807, 2.05) is 18.5 Å². The van der Waals surface area contributed by atoms with E-state index in [4.69, 9.17) is 4.99 Å². The van der Waals surface area contributed by atoms with Crippen LogP contribution in [0, 0.1) is 12.8 Å². The molecule has 0 radical (unpaired) electrons. The molecular formula is C19H37N7. The van der Waals surface area contributed by atoms with Gasteiger partial charge in [-0.05, 0) is 45.7 Å². The van der Waals surface area contributed by atoms with Gasteiger partial charge in [-0.15, -0.1) is 10.2 Å². The second kappa shape index (κ2) is 10.5. The first-order valence-electron chi connectivity index (χ1n) is 10.1. The summed E-state index contributed by atoms with van der Waals surface area (Å²) in [6.45, 7) is 13.4. The molecule has 26 heavy (non-hydrogen) atoms. The van der Waals surface area contributed by atoms with Gasteiger partial charge in [-0.25, -0.2) is 4.99 Å². The van der Waals surface area contributed by atoms with Gasteiger partial charge < -0.3 is 15.2 Å². The Labute approximate surface area is 158 Å². The lowest BCUT2D eigenvalue weighted by Gasteiger charge is -2.34. The highest BCUT2D eigenvalue weighted by Gasteiger charge is 2.22. The van der Waals surface area contributed by atoms with Gasteiger partial charge in [0.2, 0.25) is 0 Å². The van der Waals surface area contributed by atoms with Crippen LogP contribution in [0.3, 0.4) is 0 Å². The summed E-state index contributed by atoms with van der Waals surface area (Å²) in [5.41, 5.74) is 0. The van der Waals surface area contributed by atoms with Crippen LogP contribution in [0.25, 0.3) is 0 Å². The molecule has 2 rings (SSSR count). The minimum absolute atomic E-state index is 0.530. The van der Waals surface area contributed by atoms with Crippen molar-refractivity contribution >= 4 is 5.96 Å². The number of nitrogens with one attached hydrogen (secondary N) is 2. The summed E-state index contributed by atoms with van der Waals surface area (Å²) < 4.78 is 1.99. The molecule has 1 aliphatic rings. The van der Waals surface area contributed by atoms with E-state index >= 15 is 0 Å². The Morgan fingerprint density at radius 2 is 1.81 bits per heavy atom. The maximum absolute atomic E-state index is 4.71. The van der Waals surface area contributed by atoms with Crippen molar-refractivity contribution in [2.45, 2.75) is 66.0 Å². The van der Waals surface area contributed by atoms with Gasteiger partial charge in [0.05, 0.1) is 0 Å². The van der Waals surface area contributed by atoms with Crippen molar-refractivity contribution in [1.82, 2.24) is 30.3 Å². The van der Waals surface area contributed by atoms with Crippen LogP contribution in [0.15, 0.2) is 4.99 Å². The Balaban J connectivity index is 1.97. The van der Waals surface area contributed by atoms with Crippen LogP contribution in [0.1, 0.15) is 58.1 Å². The molecule has 1 saturated heterocycles. The summed E-state index contributed by atoms with van der Waals surface area (Å²) in [5.74, 6) is 3.26. The molecule has 0 amide bonds. The van der Waals surface area contributed by atoms with Crippen molar-refractivity contribution in [2.75, 3.05) is 26.2 Å². The van der Waals surface area contributed by atoms with E-state index < -0.39 is 0 Å². The van der Waals surface area contributed by atoms with Gasteiger partial charge in [0.25, 0.3) is 0 Å². The Morgan fingerprint density at radius 1 is 1.12 bits per heavy atom. The summed E-state index contributed by atoms with van der Waals surface area (Å²) in [5, 5.41) is 15.2. The monoisotopic (exact) mass is 363 g/mol. The van der Waals surface area contributed by atoms with E-state index in [2.05, 4.69) is 46.5 Å². The summed E-state index contributed by atoms with van der Waals surface area (Å²) in [6.07, 6.45) is 5.39. The minimum atomic E-state index is 0.530. The third-order valence-electron chi connectivity index (χ3n) is 5.26. The number of rotatable bonds is 7. The average molecular weight is 364 g/mol. The molecule has 148 valence electrons. The summed E-state index contributed by atoms with van der Waals surface area (Å²) in [6, 6.07) is 0.536. The molecule has 0 aromatic carbocycles. The number of aryl methyl sites for hydroxylation is 1. The number of likely N-dealkylation sites (tertiary alicyclic amines) is 1. The van der Waals surface area contributed by atoms with Crippen molar-refractivity contribution in [3.8, 4) is 0 Å². The van der Waals surface area contributed by atoms with Crippen LogP contribution >= 0.6 is 0 Å². The molecule has 0 bridgehead atoms. The lowest BCUT2D eigenvalue weighted by Crippen LogP contribution is -2.49. The van der Waals surface area contributed by atoms with Gasteiger partial charge in [-0.1, -0.05) is 26.7 Å². The fourth-order valence-corrected chi connectivity index (χ4v) is 3.49. The van der Waals surface area contributed by atoms with Crippen LogP contribution in [0.4, 0.5) is 0 Å². The molecule has 2 N–H and O–H groups in total. The largest absolute Gasteiger partial charge is 0.357 e. The van der Waals surface area contributed by atoms with Crippen LogP contribution in [0.2, 0.25) is 0 Å². The summed E-state index contributed by atoms with van der Waals surface area (Å²) in [4.78, 5) is 7.37. The predicted molar refractivity (Wildman–Crippen MR) is 107 cm³/mol. The summed E-state index contributed by atoms with van der Waals surface area (Å²) >= 11 is 0. The van der Waals surface area contributed by atoms with Gasteiger partial charge in [0.15, 0.2) is 11.8 Å². The van der Waals surface area contributed by atoms with Crippen LogP contribution < -0.4 is 10.6 Å². The van der Waals surface area contributed by atoms with E-state index in [1.165, 1.54) is 38.8 Å². The van der Waals surface area contributed by atoms with E-state index in [0.717, 1.165) is 30.7 Å². The molecule has 0 saturated carbocycles.